The van der Waals surface area contributed by atoms with Crippen LogP contribution in [0.2, 0.25) is 0 Å². The molecule has 3 rings (SSSR count). The summed E-state index contributed by atoms with van der Waals surface area (Å²) in [5.41, 5.74) is 2.48. The summed E-state index contributed by atoms with van der Waals surface area (Å²) < 4.78 is 1.72. The van der Waals surface area contributed by atoms with E-state index in [0.717, 1.165) is 22.9 Å². The van der Waals surface area contributed by atoms with Crippen LogP contribution in [0.5, 0.6) is 0 Å². The predicted octanol–water partition coefficient (Wildman–Crippen LogP) is 1.49. The lowest BCUT2D eigenvalue weighted by Crippen LogP contribution is -1.95. The molecule has 0 atom stereocenters. The summed E-state index contributed by atoms with van der Waals surface area (Å²) in [4.78, 5) is 12.8. The van der Waals surface area contributed by atoms with Crippen molar-refractivity contribution in [2.75, 3.05) is 0 Å². The highest BCUT2D eigenvalue weighted by atomic mass is 15.2. The van der Waals surface area contributed by atoms with Crippen molar-refractivity contribution in [2.45, 2.75) is 6.92 Å². The second-order valence-corrected chi connectivity index (χ2v) is 3.44. The van der Waals surface area contributed by atoms with E-state index < -0.39 is 0 Å². The Morgan fingerprint density at radius 1 is 1.00 bits per heavy atom. The highest BCUT2D eigenvalue weighted by molar-refractivity contribution is 5.56. The Balaban J connectivity index is 2.18. The Kier molecular flexibility index (Phi) is 1.89. The molecule has 0 saturated heterocycles. The van der Waals surface area contributed by atoms with Crippen molar-refractivity contribution in [1.29, 1.82) is 0 Å². The molecule has 0 unspecified atom stereocenters. The number of aromatic nitrogens is 5. The van der Waals surface area contributed by atoms with Gasteiger partial charge in [-0.05, 0) is 19.1 Å². The van der Waals surface area contributed by atoms with Crippen molar-refractivity contribution < 1.29 is 0 Å². The first-order valence-electron chi connectivity index (χ1n) is 4.93. The molecule has 0 fully saturated rings. The molecule has 5 nitrogen and oxygen atoms in total. The van der Waals surface area contributed by atoms with Gasteiger partial charge in [-0.25, -0.2) is 19.5 Å². The molecule has 0 spiro atoms. The fourth-order valence-electron chi connectivity index (χ4n) is 1.55. The number of fused-ring (bicyclic) bond motifs is 1. The third-order valence-electron chi connectivity index (χ3n) is 2.30. The standard InChI is InChI=1S/C11H9N5/c1-8-12-5-2-9(14-8)10-4-7-16-11(15-10)3-6-13-16/h2-7H,1H3. The SMILES string of the molecule is Cc1nccc(-c2ccn3nccc3n2)n1. The van der Waals surface area contributed by atoms with Gasteiger partial charge in [-0.3, -0.25) is 0 Å². The zero-order valence-corrected chi connectivity index (χ0v) is 8.70. The summed E-state index contributed by atoms with van der Waals surface area (Å²) >= 11 is 0. The van der Waals surface area contributed by atoms with Gasteiger partial charge in [0.2, 0.25) is 0 Å². The molecule has 3 aromatic rings. The highest BCUT2D eigenvalue weighted by Gasteiger charge is 2.03. The van der Waals surface area contributed by atoms with Crippen LogP contribution in [0.15, 0.2) is 36.8 Å². The maximum Gasteiger partial charge on any atom is 0.155 e. The lowest BCUT2D eigenvalue weighted by Gasteiger charge is -2.00. The first-order chi connectivity index (χ1) is 7.83. The van der Waals surface area contributed by atoms with Crippen LogP contribution in [0.3, 0.4) is 0 Å². The van der Waals surface area contributed by atoms with Gasteiger partial charge >= 0.3 is 0 Å². The van der Waals surface area contributed by atoms with Crippen LogP contribution in [0.25, 0.3) is 17.0 Å². The molecule has 0 N–H and O–H groups in total. The third-order valence-corrected chi connectivity index (χ3v) is 2.30. The Morgan fingerprint density at radius 2 is 1.88 bits per heavy atom. The van der Waals surface area contributed by atoms with Gasteiger partial charge in [0.25, 0.3) is 0 Å². The fraction of sp³-hybridized carbons (Fsp3) is 0.0909. The summed E-state index contributed by atoms with van der Waals surface area (Å²) in [5, 5.41) is 4.09. The van der Waals surface area contributed by atoms with Crippen molar-refractivity contribution in [3.8, 4) is 11.4 Å². The summed E-state index contributed by atoms with van der Waals surface area (Å²) in [6, 6.07) is 5.60. The van der Waals surface area contributed by atoms with Gasteiger partial charge in [0.05, 0.1) is 17.6 Å². The number of aryl methyl sites for hydroxylation is 1. The quantitative estimate of drug-likeness (QED) is 0.612. The highest BCUT2D eigenvalue weighted by Crippen LogP contribution is 2.14. The van der Waals surface area contributed by atoms with E-state index in [9.17, 15) is 0 Å². The van der Waals surface area contributed by atoms with E-state index in [0.29, 0.717) is 0 Å². The van der Waals surface area contributed by atoms with Crippen LogP contribution in [-0.4, -0.2) is 24.6 Å². The largest absolute Gasteiger partial charge is 0.242 e. The number of hydrogen-bond acceptors (Lipinski definition) is 4. The van der Waals surface area contributed by atoms with Crippen LogP contribution in [0.4, 0.5) is 0 Å². The average molecular weight is 211 g/mol. The van der Waals surface area contributed by atoms with E-state index in [1.165, 1.54) is 0 Å². The Hall–Kier alpha value is -2.30. The first-order valence-corrected chi connectivity index (χ1v) is 4.93. The minimum atomic E-state index is 0.743. The molecule has 0 saturated carbocycles. The van der Waals surface area contributed by atoms with Gasteiger partial charge in [-0.1, -0.05) is 0 Å². The minimum Gasteiger partial charge on any atom is -0.242 e. The van der Waals surface area contributed by atoms with E-state index in [4.69, 9.17) is 0 Å². The van der Waals surface area contributed by atoms with Crippen LogP contribution in [0, 0.1) is 6.92 Å². The topological polar surface area (TPSA) is 56.0 Å². The average Bonchev–Trinajstić information content (AvgIpc) is 2.75. The second kappa shape index (κ2) is 3.37. The molecule has 0 aliphatic heterocycles. The molecule has 5 heteroatoms. The Bertz CT molecular complexity index is 643. The van der Waals surface area contributed by atoms with Crippen LogP contribution >= 0.6 is 0 Å². The molecule has 0 aliphatic carbocycles. The Morgan fingerprint density at radius 3 is 2.75 bits per heavy atom. The molecule has 0 aromatic carbocycles. The van der Waals surface area contributed by atoms with E-state index in [1.54, 1.807) is 16.9 Å². The van der Waals surface area contributed by atoms with E-state index in [2.05, 4.69) is 20.1 Å². The van der Waals surface area contributed by atoms with Crippen molar-refractivity contribution in [3.05, 3.63) is 42.6 Å². The van der Waals surface area contributed by atoms with Gasteiger partial charge in [0.1, 0.15) is 5.82 Å². The summed E-state index contributed by atoms with van der Waals surface area (Å²) in [6.07, 6.45) is 5.33. The van der Waals surface area contributed by atoms with E-state index in [-0.39, 0.29) is 0 Å². The fourth-order valence-corrected chi connectivity index (χ4v) is 1.55. The van der Waals surface area contributed by atoms with Crippen molar-refractivity contribution in [2.24, 2.45) is 0 Å². The molecule has 3 heterocycles. The van der Waals surface area contributed by atoms with Gasteiger partial charge < -0.3 is 0 Å². The smallest absolute Gasteiger partial charge is 0.155 e. The lowest BCUT2D eigenvalue weighted by atomic mass is 10.3. The zero-order valence-electron chi connectivity index (χ0n) is 8.70. The molecule has 0 bridgehead atoms. The van der Waals surface area contributed by atoms with Crippen LogP contribution in [-0.2, 0) is 0 Å². The van der Waals surface area contributed by atoms with Crippen molar-refractivity contribution in [3.63, 3.8) is 0 Å². The molecular formula is C11H9N5. The summed E-state index contributed by atoms with van der Waals surface area (Å²) in [5.74, 6) is 0.743. The van der Waals surface area contributed by atoms with E-state index in [1.807, 2.05) is 31.3 Å². The van der Waals surface area contributed by atoms with Gasteiger partial charge in [-0.15, -0.1) is 0 Å². The van der Waals surface area contributed by atoms with Crippen molar-refractivity contribution >= 4 is 5.65 Å². The van der Waals surface area contributed by atoms with E-state index >= 15 is 0 Å². The molecule has 0 radical (unpaired) electrons. The third kappa shape index (κ3) is 1.42. The molecule has 78 valence electrons. The monoisotopic (exact) mass is 211 g/mol. The predicted molar refractivity (Wildman–Crippen MR) is 58.8 cm³/mol. The lowest BCUT2D eigenvalue weighted by molar-refractivity contribution is 0.938. The van der Waals surface area contributed by atoms with Crippen molar-refractivity contribution in [1.82, 2.24) is 24.6 Å². The first kappa shape index (κ1) is 8.96. The molecule has 0 amide bonds. The maximum atomic E-state index is 4.46. The number of rotatable bonds is 1. The minimum absolute atomic E-state index is 0.743. The summed E-state index contributed by atoms with van der Waals surface area (Å²) in [7, 11) is 0. The molecule has 0 aliphatic rings. The number of hydrogen-bond donors (Lipinski definition) is 0. The maximum absolute atomic E-state index is 4.46. The van der Waals surface area contributed by atoms with Crippen LogP contribution in [0.1, 0.15) is 5.82 Å². The zero-order chi connectivity index (χ0) is 11.0. The molecule has 3 aromatic heterocycles. The molecular weight excluding hydrogens is 202 g/mol. The van der Waals surface area contributed by atoms with Crippen LogP contribution < -0.4 is 0 Å². The van der Waals surface area contributed by atoms with Gasteiger partial charge in [0, 0.05) is 18.5 Å². The molecule has 16 heavy (non-hydrogen) atoms. The summed E-state index contributed by atoms with van der Waals surface area (Å²) in [6.45, 7) is 1.86. The Labute approximate surface area is 91.8 Å². The van der Waals surface area contributed by atoms with Gasteiger partial charge in [-0.2, -0.15) is 5.10 Å². The van der Waals surface area contributed by atoms with Gasteiger partial charge in [0.15, 0.2) is 5.65 Å². The number of nitrogens with zero attached hydrogens (tertiary/aromatic N) is 5. The normalized spacial score (nSPS) is 10.8. The second-order valence-electron chi connectivity index (χ2n) is 3.44.